The molecule has 0 fully saturated rings. The molecule has 0 bridgehead atoms. The van der Waals surface area contributed by atoms with Crippen LogP contribution in [0.15, 0.2) is 94.3 Å². The molecule has 0 aliphatic rings. The number of hydrogen-bond acceptors (Lipinski definition) is 4. The predicted molar refractivity (Wildman–Crippen MR) is 132 cm³/mol. The summed E-state index contributed by atoms with van der Waals surface area (Å²) in [6, 6.07) is 30.2. The van der Waals surface area contributed by atoms with Gasteiger partial charge in [-0.25, -0.2) is 4.99 Å². The Labute approximate surface area is 189 Å². The first kappa shape index (κ1) is 21.1. The normalized spacial score (nSPS) is 10.9. The van der Waals surface area contributed by atoms with Crippen LogP contribution in [0.4, 0.5) is 11.6 Å². The fourth-order valence-corrected chi connectivity index (χ4v) is 3.78. The first-order chi connectivity index (χ1) is 15.7. The molecule has 3 aromatic carbocycles. The lowest BCUT2D eigenvalue weighted by Crippen LogP contribution is -2.21. The molecule has 0 atom stereocenters. The average molecular weight is 420 g/mol. The second-order valence-corrected chi connectivity index (χ2v) is 7.35. The van der Waals surface area contributed by atoms with Crippen molar-refractivity contribution in [3.05, 3.63) is 96.1 Å². The maximum atomic E-state index is 9.98. The monoisotopic (exact) mass is 419 g/mol. The van der Waals surface area contributed by atoms with E-state index in [4.69, 9.17) is 4.42 Å². The molecule has 158 valence electrons. The van der Waals surface area contributed by atoms with E-state index in [1.165, 1.54) is 5.69 Å². The van der Waals surface area contributed by atoms with Gasteiger partial charge in [0.25, 0.3) is 0 Å². The Morgan fingerprint density at radius 3 is 2.00 bits per heavy atom. The summed E-state index contributed by atoms with van der Waals surface area (Å²) in [7, 11) is 0. The average Bonchev–Trinajstić information content (AvgIpc) is 3.24. The smallest absolute Gasteiger partial charge is 0.238 e. The molecule has 4 heteroatoms. The van der Waals surface area contributed by atoms with Crippen LogP contribution in [0.1, 0.15) is 25.0 Å². The standard InChI is InChI=1S/C28H25N3O/c1-3-31(4-2)24-17-15-21(16-18-24)20-30-28-25(19-29)26(22-11-7-5-8-12-22)27(32-28)23-13-9-6-10-14-23/h5-18,20H,3-4H2,1-2H3. The fraction of sp³-hybridized carbons (Fsp3) is 0.143. The number of furan rings is 1. The second-order valence-electron chi connectivity index (χ2n) is 7.35. The lowest BCUT2D eigenvalue weighted by molar-refractivity contribution is 0.593. The van der Waals surface area contributed by atoms with Gasteiger partial charge in [0.15, 0.2) is 0 Å². The summed E-state index contributed by atoms with van der Waals surface area (Å²) in [4.78, 5) is 6.86. The van der Waals surface area contributed by atoms with E-state index in [1.807, 2.05) is 72.8 Å². The predicted octanol–water partition coefficient (Wildman–Crippen LogP) is 7.08. The molecule has 1 aromatic heterocycles. The van der Waals surface area contributed by atoms with Crippen molar-refractivity contribution in [1.82, 2.24) is 0 Å². The van der Waals surface area contributed by atoms with Gasteiger partial charge in [-0.3, -0.25) is 0 Å². The second kappa shape index (κ2) is 9.80. The van der Waals surface area contributed by atoms with Crippen LogP contribution in [0, 0.1) is 11.3 Å². The number of benzene rings is 3. The Hall–Kier alpha value is -4.10. The van der Waals surface area contributed by atoms with Gasteiger partial charge in [0.1, 0.15) is 17.4 Å². The largest absolute Gasteiger partial charge is 0.436 e. The highest BCUT2D eigenvalue weighted by atomic mass is 16.4. The van der Waals surface area contributed by atoms with Gasteiger partial charge in [-0.15, -0.1) is 0 Å². The minimum Gasteiger partial charge on any atom is -0.436 e. The zero-order valence-electron chi connectivity index (χ0n) is 18.3. The van der Waals surface area contributed by atoms with Crippen molar-refractivity contribution in [3.63, 3.8) is 0 Å². The van der Waals surface area contributed by atoms with E-state index in [2.05, 4.69) is 41.9 Å². The summed E-state index contributed by atoms with van der Waals surface area (Å²) >= 11 is 0. The van der Waals surface area contributed by atoms with Crippen LogP contribution in [0.2, 0.25) is 0 Å². The molecule has 0 N–H and O–H groups in total. The number of nitrogens with zero attached hydrogens (tertiary/aromatic N) is 3. The molecule has 0 aliphatic carbocycles. The van der Waals surface area contributed by atoms with Crippen molar-refractivity contribution in [3.8, 4) is 28.5 Å². The van der Waals surface area contributed by atoms with E-state index in [9.17, 15) is 5.26 Å². The van der Waals surface area contributed by atoms with Crippen molar-refractivity contribution in [2.45, 2.75) is 13.8 Å². The maximum Gasteiger partial charge on any atom is 0.238 e. The molecule has 4 aromatic rings. The zero-order chi connectivity index (χ0) is 22.3. The number of hydrogen-bond donors (Lipinski definition) is 0. The number of anilines is 1. The van der Waals surface area contributed by atoms with Gasteiger partial charge in [0.05, 0.1) is 0 Å². The highest BCUT2D eigenvalue weighted by Crippen LogP contribution is 2.42. The molecule has 0 saturated carbocycles. The SMILES string of the molecule is CCN(CC)c1ccc(C=Nc2oc(-c3ccccc3)c(-c3ccccc3)c2C#N)cc1. The summed E-state index contributed by atoms with van der Waals surface area (Å²) < 4.78 is 6.17. The summed E-state index contributed by atoms with van der Waals surface area (Å²) in [6.07, 6.45) is 1.75. The molecule has 0 radical (unpaired) electrons. The molecule has 4 rings (SSSR count). The van der Waals surface area contributed by atoms with Crippen molar-refractivity contribution in [2.24, 2.45) is 4.99 Å². The zero-order valence-corrected chi connectivity index (χ0v) is 18.3. The van der Waals surface area contributed by atoms with Crippen molar-refractivity contribution < 1.29 is 4.42 Å². The Kier molecular flexibility index (Phi) is 6.48. The molecule has 1 heterocycles. The fourth-order valence-electron chi connectivity index (χ4n) is 3.78. The van der Waals surface area contributed by atoms with E-state index < -0.39 is 0 Å². The van der Waals surface area contributed by atoms with Crippen LogP contribution in [-0.2, 0) is 0 Å². The Morgan fingerprint density at radius 1 is 0.844 bits per heavy atom. The van der Waals surface area contributed by atoms with Crippen molar-refractivity contribution >= 4 is 17.8 Å². The van der Waals surface area contributed by atoms with E-state index in [0.29, 0.717) is 17.2 Å². The summed E-state index contributed by atoms with van der Waals surface area (Å²) in [6.45, 7) is 6.22. The minimum absolute atomic E-state index is 0.318. The van der Waals surface area contributed by atoms with Gasteiger partial charge >= 0.3 is 0 Å². The number of nitriles is 1. The third kappa shape index (κ3) is 4.33. The highest BCUT2D eigenvalue weighted by molar-refractivity contribution is 5.90. The summed E-state index contributed by atoms with van der Waals surface area (Å²) in [5, 5.41) is 9.98. The van der Waals surface area contributed by atoms with Gasteiger partial charge in [-0.2, -0.15) is 5.26 Å². The lowest BCUT2D eigenvalue weighted by atomic mass is 9.98. The van der Waals surface area contributed by atoms with E-state index in [0.717, 1.165) is 35.3 Å². The van der Waals surface area contributed by atoms with Gasteiger partial charge in [-0.05, 0) is 37.1 Å². The molecule has 0 spiro atoms. The third-order valence-corrected chi connectivity index (χ3v) is 5.45. The van der Waals surface area contributed by atoms with Crippen LogP contribution < -0.4 is 4.90 Å². The van der Waals surface area contributed by atoms with Crippen LogP contribution >= 0.6 is 0 Å². The van der Waals surface area contributed by atoms with E-state index >= 15 is 0 Å². The van der Waals surface area contributed by atoms with Gasteiger partial charge in [0.2, 0.25) is 5.88 Å². The van der Waals surface area contributed by atoms with Crippen LogP contribution in [0.3, 0.4) is 0 Å². The maximum absolute atomic E-state index is 9.98. The molecular formula is C28H25N3O. The highest BCUT2D eigenvalue weighted by Gasteiger charge is 2.22. The molecule has 0 unspecified atom stereocenters. The van der Waals surface area contributed by atoms with Gasteiger partial charge < -0.3 is 9.32 Å². The van der Waals surface area contributed by atoms with Gasteiger partial charge in [0, 0.05) is 36.1 Å². The van der Waals surface area contributed by atoms with Crippen LogP contribution in [0.25, 0.3) is 22.5 Å². The van der Waals surface area contributed by atoms with E-state index in [-0.39, 0.29) is 0 Å². The lowest BCUT2D eigenvalue weighted by Gasteiger charge is -2.20. The van der Waals surface area contributed by atoms with Crippen LogP contribution in [0.5, 0.6) is 0 Å². The van der Waals surface area contributed by atoms with E-state index in [1.54, 1.807) is 6.21 Å². The summed E-state index contributed by atoms with van der Waals surface area (Å²) in [5.74, 6) is 0.968. The molecule has 32 heavy (non-hydrogen) atoms. The topological polar surface area (TPSA) is 52.5 Å². The first-order valence-corrected chi connectivity index (χ1v) is 10.8. The number of rotatable bonds is 7. The van der Waals surface area contributed by atoms with Crippen molar-refractivity contribution in [2.75, 3.05) is 18.0 Å². The molecule has 4 nitrogen and oxygen atoms in total. The molecule has 0 saturated heterocycles. The van der Waals surface area contributed by atoms with Gasteiger partial charge in [-0.1, -0.05) is 72.8 Å². The van der Waals surface area contributed by atoms with Crippen molar-refractivity contribution in [1.29, 1.82) is 5.26 Å². The number of aliphatic imine (C=N–C) groups is 1. The molecule has 0 aliphatic heterocycles. The van der Waals surface area contributed by atoms with Crippen LogP contribution in [-0.4, -0.2) is 19.3 Å². The Balaban J connectivity index is 1.75. The Bertz CT molecular complexity index is 1230. The minimum atomic E-state index is 0.318. The first-order valence-electron chi connectivity index (χ1n) is 10.8. The quantitative estimate of drug-likeness (QED) is 0.301. The Morgan fingerprint density at radius 2 is 1.44 bits per heavy atom. The molecule has 0 amide bonds. The summed E-state index contributed by atoms with van der Waals surface area (Å²) in [5.41, 5.74) is 5.17. The molecular weight excluding hydrogens is 394 g/mol. The third-order valence-electron chi connectivity index (χ3n) is 5.45.